The Hall–Kier alpha value is -0.820. The summed E-state index contributed by atoms with van der Waals surface area (Å²) in [5, 5.41) is 0. The van der Waals surface area contributed by atoms with Crippen molar-refractivity contribution in [1.82, 2.24) is 0 Å². The van der Waals surface area contributed by atoms with Crippen LogP contribution in [0, 0.1) is 6.92 Å². The van der Waals surface area contributed by atoms with Crippen LogP contribution in [-0.4, -0.2) is 0 Å². The average molecular weight is 223 g/mol. The number of hydrogen-bond acceptors (Lipinski definition) is 0. The van der Waals surface area contributed by atoms with E-state index in [2.05, 4.69) is 42.1 Å². The lowest BCUT2D eigenvalue weighted by atomic mass is 10.0. The van der Waals surface area contributed by atoms with Gasteiger partial charge in [-0.3, -0.25) is 0 Å². The average Bonchev–Trinajstić information content (AvgIpc) is 2.08. The third-order valence-corrected chi connectivity index (χ3v) is 2.55. The highest BCUT2D eigenvalue weighted by molar-refractivity contribution is 9.10. The summed E-state index contributed by atoms with van der Waals surface area (Å²) >= 11 is 3.46. The smallest absolute Gasteiger partial charge is 0.0253 e. The quantitative estimate of drug-likeness (QED) is 0.709. The first-order valence-electron chi connectivity index (χ1n) is 3.74. The lowest BCUT2D eigenvalue weighted by molar-refractivity contribution is 1.41. The summed E-state index contributed by atoms with van der Waals surface area (Å²) in [7, 11) is 0. The molecule has 0 aromatic heterocycles. The zero-order chi connectivity index (χ0) is 9.14. The molecule has 0 amide bonds. The molecule has 0 aliphatic carbocycles. The SMILES string of the molecule is C=Cc1c(C)ccc(Br)c1C=C. The van der Waals surface area contributed by atoms with Crippen LogP contribution in [0.5, 0.6) is 0 Å². The Bertz CT molecular complexity index is 291. The summed E-state index contributed by atoms with van der Waals surface area (Å²) in [5.41, 5.74) is 3.49. The maximum absolute atomic E-state index is 3.77. The molecule has 1 aromatic carbocycles. The van der Waals surface area contributed by atoms with Crippen molar-refractivity contribution in [1.29, 1.82) is 0 Å². The van der Waals surface area contributed by atoms with E-state index >= 15 is 0 Å². The van der Waals surface area contributed by atoms with Crippen molar-refractivity contribution in [3.8, 4) is 0 Å². The highest BCUT2D eigenvalue weighted by Crippen LogP contribution is 2.25. The molecular formula is C11H11Br. The fraction of sp³-hybridized carbons (Fsp3) is 0.0909. The molecule has 0 atom stereocenters. The van der Waals surface area contributed by atoms with Crippen molar-refractivity contribution in [2.45, 2.75) is 6.92 Å². The fourth-order valence-electron chi connectivity index (χ4n) is 1.20. The van der Waals surface area contributed by atoms with Gasteiger partial charge in [0, 0.05) is 4.47 Å². The van der Waals surface area contributed by atoms with Crippen LogP contribution in [0.1, 0.15) is 16.7 Å². The zero-order valence-corrected chi connectivity index (χ0v) is 8.69. The lowest BCUT2D eigenvalue weighted by Crippen LogP contribution is -1.86. The minimum Gasteiger partial charge on any atom is -0.0984 e. The Labute approximate surface area is 81.7 Å². The van der Waals surface area contributed by atoms with Gasteiger partial charge in [-0.2, -0.15) is 0 Å². The van der Waals surface area contributed by atoms with Crippen LogP contribution in [0.4, 0.5) is 0 Å². The van der Waals surface area contributed by atoms with Crippen molar-refractivity contribution in [3.63, 3.8) is 0 Å². The molecule has 0 unspecified atom stereocenters. The van der Waals surface area contributed by atoms with Gasteiger partial charge in [-0.1, -0.05) is 47.3 Å². The predicted molar refractivity (Wildman–Crippen MR) is 59.1 cm³/mol. The lowest BCUT2D eigenvalue weighted by Gasteiger charge is -2.06. The van der Waals surface area contributed by atoms with Gasteiger partial charge in [-0.15, -0.1) is 0 Å². The summed E-state index contributed by atoms with van der Waals surface area (Å²) in [4.78, 5) is 0. The predicted octanol–water partition coefficient (Wildman–Crippen LogP) is 4.04. The monoisotopic (exact) mass is 222 g/mol. The van der Waals surface area contributed by atoms with Gasteiger partial charge in [0.05, 0.1) is 0 Å². The second kappa shape index (κ2) is 3.72. The molecule has 0 fully saturated rings. The summed E-state index contributed by atoms with van der Waals surface area (Å²) in [6.45, 7) is 9.60. The Kier molecular flexibility index (Phi) is 2.88. The van der Waals surface area contributed by atoms with Gasteiger partial charge in [-0.05, 0) is 29.7 Å². The molecule has 12 heavy (non-hydrogen) atoms. The maximum Gasteiger partial charge on any atom is 0.0253 e. The molecule has 0 saturated carbocycles. The van der Waals surface area contributed by atoms with Gasteiger partial charge in [-0.25, -0.2) is 0 Å². The normalized spacial score (nSPS) is 9.50. The third kappa shape index (κ3) is 1.51. The van der Waals surface area contributed by atoms with Gasteiger partial charge < -0.3 is 0 Å². The van der Waals surface area contributed by atoms with E-state index in [-0.39, 0.29) is 0 Å². The number of rotatable bonds is 2. The summed E-state index contributed by atoms with van der Waals surface area (Å²) < 4.78 is 1.07. The van der Waals surface area contributed by atoms with Gasteiger partial charge in [0.15, 0.2) is 0 Å². The van der Waals surface area contributed by atoms with E-state index in [1.807, 2.05) is 18.2 Å². The molecule has 0 spiro atoms. The number of benzene rings is 1. The second-order valence-electron chi connectivity index (χ2n) is 2.60. The molecule has 0 bridgehead atoms. The van der Waals surface area contributed by atoms with Crippen molar-refractivity contribution in [3.05, 3.63) is 46.5 Å². The van der Waals surface area contributed by atoms with E-state index < -0.39 is 0 Å². The molecule has 0 nitrogen and oxygen atoms in total. The molecule has 0 heterocycles. The molecule has 0 aliphatic heterocycles. The molecule has 0 radical (unpaired) electrons. The van der Waals surface area contributed by atoms with Crippen molar-refractivity contribution >= 4 is 28.1 Å². The van der Waals surface area contributed by atoms with E-state index in [1.165, 1.54) is 5.56 Å². The van der Waals surface area contributed by atoms with Crippen molar-refractivity contribution < 1.29 is 0 Å². The second-order valence-corrected chi connectivity index (χ2v) is 3.45. The Morgan fingerprint density at radius 1 is 1.17 bits per heavy atom. The third-order valence-electron chi connectivity index (χ3n) is 1.86. The van der Waals surface area contributed by atoms with Crippen LogP contribution >= 0.6 is 15.9 Å². The number of hydrogen-bond donors (Lipinski definition) is 0. The van der Waals surface area contributed by atoms with Crippen molar-refractivity contribution in [2.24, 2.45) is 0 Å². The molecule has 0 saturated heterocycles. The first-order chi connectivity index (χ1) is 5.70. The van der Waals surface area contributed by atoms with Crippen LogP contribution in [0.25, 0.3) is 12.2 Å². The molecule has 62 valence electrons. The van der Waals surface area contributed by atoms with E-state index in [0.29, 0.717) is 0 Å². The molecule has 1 rings (SSSR count). The van der Waals surface area contributed by atoms with Gasteiger partial charge in [0.2, 0.25) is 0 Å². The summed E-state index contributed by atoms with van der Waals surface area (Å²) in [6.07, 6.45) is 3.70. The van der Waals surface area contributed by atoms with Crippen LogP contribution in [-0.2, 0) is 0 Å². The minimum absolute atomic E-state index is 1.07. The first-order valence-corrected chi connectivity index (χ1v) is 4.54. The van der Waals surface area contributed by atoms with Gasteiger partial charge >= 0.3 is 0 Å². The molecule has 0 aliphatic rings. The molecule has 1 aromatic rings. The van der Waals surface area contributed by atoms with E-state index in [9.17, 15) is 0 Å². The van der Waals surface area contributed by atoms with Crippen LogP contribution in [0.15, 0.2) is 29.8 Å². The van der Waals surface area contributed by atoms with Gasteiger partial charge in [0.25, 0.3) is 0 Å². The maximum atomic E-state index is 3.77. The number of halogens is 1. The van der Waals surface area contributed by atoms with E-state index in [1.54, 1.807) is 0 Å². The molecular weight excluding hydrogens is 212 g/mol. The Morgan fingerprint density at radius 3 is 2.17 bits per heavy atom. The van der Waals surface area contributed by atoms with Crippen LogP contribution in [0.3, 0.4) is 0 Å². The summed E-state index contributed by atoms with van der Waals surface area (Å²) in [6, 6.07) is 4.09. The van der Waals surface area contributed by atoms with E-state index in [4.69, 9.17) is 0 Å². The van der Waals surface area contributed by atoms with Gasteiger partial charge in [0.1, 0.15) is 0 Å². The number of aryl methyl sites for hydroxylation is 1. The van der Waals surface area contributed by atoms with E-state index in [0.717, 1.165) is 15.6 Å². The van der Waals surface area contributed by atoms with Crippen LogP contribution < -0.4 is 0 Å². The standard InChI is InChI=1S/C11H11Br/c1-4-9-8(3)6-7-11(12)10(9)5-2/h4-7H,1-2H2,3H3. The highest BCUT2D eigenvalue weighted by Gasteiger charge is 2.02. The topological polar surface area (TPSA) is 0 Å². The summed E-state index contributed by atoms with van der Waals surface area (Å²) in [5.74, 6) is 0. The first kappa shape index (κ1) is 9.27. The highest BCUT2D eigenvalue weighted by atomic mass is 79.9. The molecule has 1 heteroatoms. The van der Waals surface area contributed by atoms with Crippen molar-refractivity contribution in [2.75, 3.05) is 0 Å². The Morgan fingerprint density at radius 2 is 1.75 bits per heavy atom. The fourth-order valence-corrected chi connectivity index (χ4v) is 1.70. The molecule has 0 N–H and O–H groups in total. The largest absolute Gasteiger partial charge is 0.0984 e. The van der Waals surface area contributed by atoms with Crippen LogP contribution in [0.2, 0.25) is 0 Å². The Balaban J connectivity index is 3.48. The zero-order valence-electron chi connectivity index (χ0n) is 7.10. The minimum atomic E-state index is 1.07.